The molecule has 0 N–H and O–H groups in total. The van der Waals surface area contributed by atoms with Crippen LogP contribution in [-0.2, 0) is 4.74 Å². The molecule has 0 atom stereocenters. The van der Waals surface area contributed by atoms with E-state index in [2.05, 4.69) is 0 Å². The molecule has 1 amide bonds. The molecule has 4 heteroatoms. The van der Waals surface area contributed by atoms with Crippen molar-refractivity contribution in [2.75, 3.05) is 18.1 Å². The van der Waals surface area contributed by atoms with Gasteiger partial charge in [0.25, 0.3) is 0 Å². The first kappa shape index (κ1) is 9.34. The third-order valence-corrected chi connectivity index (χ3v) is 2.64. The van der Waals surface area contributed by atoms with E-state index < -0.39 is 0 Å². The molecule has 2 rings (SSSR count). The average molecular weight is 212 g/mol. The van der Waals surface area contributed by atoms with Gasteiger partial charge in [-0.1, -0.05) is 17.7 Å². The van der Waals surface area contributed by atoms with E-state index in [4.69, 9.17) is 16.3 Å². The molecule has 0 aliphatic carbocycles. The SMILES string of the molecule is Cc1ccc(N2CCOC2=O)cc1Cl. The van der Waals surface area contributed by atoms with Crippen LogP contribution in [0.5, 0.6) is 0 Å². The molecule has 1 aliphatic rings. The van der Waals surface area contributed by atoms with Gasteiger partial charge in [-0.3, -0.25) is 4.90 Å². The highest BCUT2D eigenvalue weighted by Crippen LogP contribution is 2.24. The molecule has 0 aromatic heterocycles. The van der Waals surface area contributed by atoms with Crippen LogP contribution in [0.25, 0.3) is 0 Å². The number of cyclic esters (lactones) is 1. The Morgan fingerprint density at radius 2 is 2.29 bits per heavy atom. The Bertz CT molecular complexity index is 378. The number of rotatable bonds is 1. The standard InChI is InChI=1S/C10H10ClNO2/c1-7-2-3-8(6-9(7)11)12-4-5-14-10(12)13/h2-3,6H,4-5H2,1H3. The number of amides is 1. The number of ether oxygens (including phenoxy) is 1. The van der Waals surface area contributed by atoms with Crippen molar-refractivity contribution in [3.05, 3.63) is 28.8 Å². The molecule has 0 radical (unpaired) electrons. The van der Waals surface area contributed by atoms with Gasteiger partial charge in [-0.2, -0.15) is 0 Å². The zero-order valence-electron chi connectivity index (χ0n) is 7.79. The summed E-state index contributed by atoms with van der Waals surface area (Å²) in [5.41, 5.74) is 1.80. The molecule has 0 bridgehead atoms. The molecule has 1 aromatic carbocycles. The molecule has 1 aromatic rings. The molecule has 14 heavy (non-hydrogen) atoms. The Hall–Kier alpha value is -1.22. The van der Waals surface area contributed by atoms with Crippen LogP contribution in [0.2, 0.25) is 5.02 Å². The third-order valence-electron chi connectivity index (χ3n) is 2.23. The summed E-state index contributed by atoms with van der Waals surface area (Å²) in [6, 6.07) is 5.54. The third kappa shape index (κ3) is 1.55. The highest BCUT2D eigenvalue weighted by molar-refractivity contribution is 6.31. The van der Waals surface area contributed by atoms with Gasteiger partial charge in [0, 0.05) is 10.7 Å². The fourth-order valence-corrected chi connectivity index (χ4v) is 1.55. The highest BCUT2D eigenvalue weighted by atomic mass is 35.5. The number of halogens is 1. The van der Waals surface area contributed by atoms with Gasteiger partial charge in [0.2, 0.25) is 0 Å². The minimum absolute atomic E-state index is 0.301. The summed E-state index contributed by atoms with van der Waals surface area (Å²) >= 11 is 5.96. The Kier molecular flexibility index (Phi) is 2.33. The van der Waals surface area contributed by atoms with Crippen molar-refractivity contribution in [2.45, 2.75) is 6.92 Å². The van der Waals surface area contributed by atoms with Gasteiger partial charge in [0.15, 0.2) is 0 Å². The van der Waals surface area contributed by atoms with Gasteiger partial charge in [-0.15, -0.1) is 0 Å². The molecule has 74 valence electrons. The van der Waals surface area contributed by atoms with E-state index in [9.17, 15) is 4.79 Å². The first-order valence-electron chi connectivity index (χ1n) is 4.39. The topological polar surface area (TPSA) is 29.5 Å². The average Bonchev–Trinajstić information content (AvgIpc) is 2.57. The van der Waals surface area contributed by atoms with Crippen LogP contribution < -0.4 is 4.90 Å². The number of hydrogen-bond acceptors (Lipinski definition) is 2. The van der Waals surface area contributed by atoms with E-state index in [0.29, 0.717) is 18.2 Å². The number of benzene rings is 1. The summed E-state index contributed by atoms with van der Waals surface area (Å²) in [4.78, 5) is 12.8. The molecule has 1 fully saturated rings. The van der Waals surface area contributed by atoms with E-state index in [0.717, 1.165) is 11.3 Å². The minimum Gasteiger partial charge on any atom is -0.447 e. The van der Waals surface area contributed by atoms with Crippen molar-refractivity contribution in [2.24, 2.45) is 0 Å². The fourth-order valence-electron chi connectivity index (χ4n) is 1.38. The first-order chi connectivity index (χ1) is 6.68. The van der Waals surface area contributed by atoms with E-state index in [1.54, 1.807) is 11.0 Å². The van der Waals surface area contributed by atoms with Crippen molar-refractivity contribution in [1.82, 2.24) is 0 Å². The highest BCUT2D eigenvalue weighted by Gasteiger charge is 2.23. The van der Waals surface area contributed by atoms with E-state index in [-0.39, 0.29) is 6.09 Å². The molecule has 0 saturated carbocycles. The van der Waals surface area contributed by atoms with Gasteiger partial charge >= 0.3 is 6.09 Å². The smallest absolute Gasteiger partial charge is 0.414 e. The molecule has 1 heterocycles. The zero-order valence-corrected chi connectivity index (χ0v) is 8.54. The Balaban J connectivity index is 2.32. The Morgan fingerprint density at radius 3 is 2.86 bits per heavy atom. The maximum absolute atomic E-state index is 11.2. The second-order valence-electron chi connectivity index (χ2n) is 3.20. The first-order valence-corrected chi connectivity index (χ1v) is 4.77. The molecule has 1 saturated heterocycles. The number of anilines is 1. The molecule has 3 nitrogen and oxygen atoms in total. The predicted octanol–water partition coefficient (Wildman–Crippen LogP) is 2.61. The minimum atomic E-state index is -0.301. The van der Waals surface area contributed by atoms with Gasteiger partial charge < -0.3 is 4.74 Å². The van der Waals surface area contributed by atoms with E-state index in [1.807, 2.05) is 19.1 Å². The van der Waals surface area contributed by atoms with Crippen LogP contribution in [0.15, 0.2) is 18.2 Å². The van der Waals surface area contributed by atoms with Crippen molar-refractivity contribution in [3.8, 4) is 0 Å². The van der Waals surface area contributed by atoms with Crippen LogP contribution in [0.4, 0.5) is 10.5 Å². The number of aryl methyl sites for hydroxylation is 1. The summed E-state index contributed by atoms with van der Waals surface area (Å²) in [5, 5.41) is 0.669. The Labute approximate surface area is 87.2 Å². The van der Waals surface area contributed by atoms with E-state index in [1.165, 1.54) is 0 Å². The normalized spacial score (nSPS) is 15.9. The lowest BCUT2D eigenvalue weighted by molar-refractivity contribution is 0.181. The molecular weight excluding hydrogens is 202 g/mol. The van der Waals surface area contributed by atoms with Crippen LogP contribution in [0.3, 0.4) is 0 Å². The number of carbonyl (C=O) groups is 1. The number of carbonyl (C=O) groups excluding carboxylic acids is 1. The van der Waals surface area contributed by atoms with Gasteiger partial charge in [0.05, 0.1) is 6.54 Å². The van der Waals surface area contributed by atoms with Crippen LogP contribution in [0.1, 0.15) is 5.56 Å². The van der Waals surface area contributed by atoms with Crippen LogP contribution in [0, 0.1) is 6.92 Å². The molecular formula is C10H10ClNO2. The van der Waals surface area contributed by atoms with Crippen LogP contribution in [-0.4, -0.2) is 19.2 Å². The second kappa shape index (κ2) is 3.50. The number of nitrogens with zero attached hydrogens (tertiary/aromatic N) is 1. The lowest BCUT2D eigenvalue weighted by atomic mass is 10.2. The zero-order chi connectivity index (χ0) is 10.1. The summed E-state index contributed by atoms with van der Waals surface area (Å²) in [6.07, 6.45) is -0.301. The monoisotopic (exact) mass is 211 g/mol. The molecule has 0 spiro atoms. The fraction of sp³-hybridized carbons (Fsp3) is 0.300. The van der Waals surface area contributed by atoms with Crippen molar-refractivity contribution < 1.29 is 9.53 Å². The summed E-state index contributed by atoms with van der Waals surface area (Å²) in [6.45, 7) is 2.97. The summed E-state index contributed by atoms with van der Waals surface area (Å²) in [7, 11) is 0. The summed E-state index contributed by atoms with van der Waals surface area (Å²) < 4.78 is 4.83. The van der Waals surface area contributed by atoms with Crippen LogP contribution >= 0.6 is 11.6 Å². The largest absolute Gasteiger partial charge is 0.447 e. The lowest BCUT2D eigenvalue weighted by Crippen LogP contribution is -2.23. The molecule has 0 unspecified atom stereocenters. The van der Waals surface area contributed by atoms with Gasteiger partial charge in [-0.25, -0.2) is 4.79 Å². The van der Waals surface area contributed by atoms with E-state index >= 15 is 0 Å². The van der Waals surface area contributed by atoms with Gasteiger partial charge in [-0.05, 0) is 24.6 Å². The quantitative estimate of drug-likeness (QED) is 0.715. The lowest BCUT2D eigenvalue weighted by Gasteiger charge is -2.13. The molecule has 1 aliphatic heterocycles. The predicted molar refractivity (Wildman–Crippen MR) is 54.9 cm³/mol. The Morgan fingerprint density at radius 1 is 1.50 bits per heavy atom. The number of hydrogen-bond donors (Lipinski definition) is 0. The summed E-state index contributed by atoms with van der Waals surface area (Å²) in [5.74, 6) is 0. The van der Waals surface area contributed by atoms with Gasteiger partial charge in [0.1, 0.15) is 6.61 Å². The van der Waals surface area contributed by atoms with Crippen molar-refractivity contribution in [3.63, 3.8) is 0 Å². The maximum Gasteiger partial charge on any atom is 0.414 e. The van der Waals surface area contributed by atoms with Crippen molar-refractivity contribution >= 4 is 23.4 Å². The van der Waals surface area contributed by atoms with Crippen molar-refractivity contribution in [1.29, 1.82) is 0 Å². The second-order valence-corrected chi connectivity index (χ2v) is 3.61. The maximum atomic E-state index is 11.2.